The average Bonchev–Trinajstić information content (AvgIpc) is 2.27. The van der Waals surface area contributed by atoms with Crippen LogP contribution in [-0.2, 0) is 4.74 Å². The van der Waals surface area contributed by atoms with E-state index in [-0.39, 0.29) is 11.4 Å². The highest BCUT2D eigenvalue weighted by atomic mass is 16.6. The minimum atomic E-state index is -0.700. The number of ether oxygens (including phenoxy) is 2. The van der Waals surface area contributed by atoms with E-state index in [1.807, 2.05) is 0 Å². The summed E-state index contributed by atoms with van der Waals surface area (Å²) in [5, 5.41) is 13.4. The molecule has 0 fully saturated rings. The van der Waals surface area contributed by atoms with Crippen molar-refractivity contribution < 1.29 is 19.2 Å². The number of carbonyl (C=O) groups is 1. The molecule has 1 aromatic rings. The zero-order valence-corrected chi connectivity index (χ0v) is 12.1. The number of nitro benzene ring substituents is 1. The molecular formula is C12H17BN2O5. The van der Waals surface area contributed by atoms with Crippen molar-refractivity contribution in [2.45, 2.75) is 26.4 Å². The van der Waals surface area contributed by atoms with Gasteiger partial charge < -0.3 is 9.47 Å². The first-order valence-electron chi connectivity index (χ1n) is 5.97. The fourth-order valence-corrected chi connectivity index (χ4v) is 1.55. The van der Waals surface area contributed by atoms with Crippen molar-refractivity contribution in [3.8, 4) is 5.75 Å². The summed E-state index contributed by atoms with van der Waals surface area (Å²) in [7, 11) is 3.01. The standard InChI is InChI=1S/C12H17BN2O5/c1-12(2,3)20-11(16)14-8-6-9(15(17)18)7(13)5-10(8)19-4/h5-6H,13H2,1-4H3,(H,14,16). The third kappa shape index (κ3) is 4.15. The Bertz CT molecular complexity index is 539. The van der Waals surface area contributed by atoms with Gasteiger partial charge >= 0.3 is 6.09 Å². The molecule has 0 saturated heterocycles. The maximum absolute atomic E-state index is 11.7. The summed E-state index contributed by atoms with van der Waals surface area (Å²) in [5.74, 6) is 0.332. The summed E-state index contributed by atoms with van der Waals surface area (Å²) in [5.41, 5.74) is -0.119. The van der Waals surface area contributed by atoms with Gasteiger partial charge in [-0.25, -0.2) is 4.79 Å². The number of methoxy groups -OCH3 is 1. The van der Waals surface area contributed by atoms with Gasteiger partial charge in [-0.15, -0.1) is 0 Å². The molecule has 0 aliphatic rings. The van der Waals surface area contributed by atoms with Gasteiger partial charge in [-0.1, -0.05) is 0 Å². The first-order valence-corrected chi connectivity index (χ1v) is 5.97. The van der Waals surface area contributed by atoms with Gasteiger partial charge in [0.25, 0.3) is 5.69 Å². The van der Waals surface area contributed by atoms with Crippen LogP contribution in [0.25, 0.3) is 0 Å². The predicted octanol–water partition coefficient (Wildman–Crippen LogP) is 1.21. The molecule has 1 N–H and O–H groups in total. The fraction of sp³-hybridized carbons (Fsp3) is 0.417. The minimum absolute atomic E-state index is 0.100. The summed E-state index contributed by atoms with van der Waals surface area (Å²) in [6.45, 7) is 5.17. The van der Waals surface area contributed by atoms with Gasteiger partial charge in [0, 0.05) is 6.07 Å². The van der Waals surface area contributed by atoms with Crippen molar-refractivity contribution in [3.05, 3.63) is 22.2 Å². The molecule has 0 heterocycles. The van der Waals surface area contributed by atoms with Crippen LogP contribution in [0.15, 0.2) is 12.1 Å². The van der Waals surface area contributed by atoms with Gasteiger partial charge in [0.1, 0.15) is 19.2 Å². The Labute approximate surface area is 117 Å². The van der Waals surface area contributed by atoms with E-state index in [1.54, 1.807) is 28.6 Å². The van der Waals surface area contributed by atoms with Crippen molar-refractivity contribution in [1.82, 2.24) is 0 Å². The Morgan fingerprint density at radius 3 is 2.45 bits per heavy atom. The lowest BCUT2D eigenvalue weighted by atomic mass is 9.93. The van der Waals surface area contributed by atoms with Crippen molar-refractivity contribution in [2.75, 3.05) is 12.4 Å². The molecule has 7 nitrogen and oxygen atoms in total. The molecule has 0 bridgehead atoms. The van der Waals surface area contributed by atoms with Crippen LogP contribution in [0.5, 0.6) is 5.75 Å². The average molecular weight is 280 g/mol. The topological polar surface area (TPSA) is 90.7 Å². The molecule has 0 aliphatic carbocycles. The Morgan fingerprint density at radius 1 is 1.40 bits per heavy atom. The fourth-order valence-electron chi connectivity index (χ4n) is 1.55. The van der Waals surface area contributed by atoms with Crippen LogP contribution in [0.1, 0.15) is 20.8 Å². The number of carbonyl (C=O) groups excluding carboxylic acids is 1. The van der Waals surface area contributed by atoms with E-state index in [4.69, 9.17) is 9.47 Å². The second kappa shape index (κ2) is 5.81. The SMILES string of the molecule is Bc1cc(OC)c(NC(=O)OC(C)(C)C)cc1[N+](=O)[O-]. The molecule has 0 spiro atoms. The molecule has 0 aromatic heterocycles. The largest absolute Gasteiger partial charge is 0.495 e. The molecule has 0 radical (unpaired) electrons. The van der Waals surface area contributed by atoms with Gasteiger partial charge in [0.15, 0.2) is 0 Å². The van der Waals surface area contributed by atoms with Crippen LogP contribution in [0.3, 0.4) is 0 Å². The summed E-state index contributed by atoms with van der Waals surface area (Å²) >= 11 is 0. The normalized spacial score (nSPS) is 10.8. The van der Waals surface area contributed by atoms with E-state index in [1.165, 1.54) is 19.2 Å². The monoisotopic (exact) mass is 280 g/mol. The van der Waals surface area contributed by atoms with Gasteiger partial charge in [0.05, 0.1) is 17.7 Å². The second-order valence-electron chi connectivity index (χ2n) is 5.22. The number of amides is 1. The Kier molecular flexibility index (Phi) is 4.59. The van der Waals surface area contributed by atoms with Gasteiger partial charge in [0.2, 0.25) is 0 Å². The molecule has 0 atom stereocenters. The lowest BCUT2D eigenvalue weighted by Gasteiger charge is -2.20. The number of rotatable bonds is 3. The summed E-state index contributed by atoms with van der Waals surface area (Å²) in [6.07, 6.45) is -0.700. The minimum Gasteiger partial charge on any atom is -0.495 e. The van der Waals surface area contributed by atoms with Crippen LogP contribution in [0.4, 0.5) is 16.2 Å². The maximum Gasteiger partial charge on any atom is 0.412 e. The molecule has 8 heteroatoms. The smallest absolute Gasteiger partial charge is 0.412 e. The molecule has 0 aliphatic heterocycles. The number of hydrogen-bond acceptors (Lipinski definition) is 5. The number of anilines is 1. The van der Waals surface area contributed by atoms with Crippen LogP contribution >= 0.6 is 0 Å². The van der Waals surface area contributed by atoms with Gasteiger partial charge in [-0.3, -0.25) is 15.4 Å². The van der Waals surface area contributed by atoms with Gasteiger partial charge in [-0.2, -0.15) is 0 Å². The van der Waals surface area contributed by atoms with E-state index in [9.17, 15) is 14.9 Å². The van der Waals surface area contributed by atoms with Crippen LogP contribution in [-0.4, -0.2) is 31.6 Å². The van der Waals surface area contributed by atoms with E-state index >= 15 is 0 Å². The molecule has 1 aromatic carbocycles. The molecule has 1 rings (SSSR count). The van der Waals surface area contributed by atoms with E-state index in [0.717, 1.165) is 0 Å². The first kappa shape index (κ1) is 15.8. The molecule has 20 heavy (non-hydrogen) atoms. The molecule has 1 amide bonds. The molecule has 108 valence electrons. The van der Waals surface area contributed by atoms with Gasteiger partial charge in [-0.05, 0) is 32.3 Å². The lowest BCUT2D eigenvalue weighted by molar-refractivity contribution is -0.383. The quantitative estimate of drug-likeness (QED) is 0.510. The molecule has 0 unspecified atom stereocenters. The first-order chi connectivity index (χ1) is 9.14. The van der Waals surface area contributed by atoms with Crippen molar-refractivity contribution >= 4 is 30.8 Å². The van der Waals surface area contributed by atoms with Crippen molar-refractivity contribution in [1.29, 1.82) is 0 Å². The third-order valence-electron chi connectivity index (χ3n) is 2.35. The van der Waals surface area contributed by atoms with E-state index in [0.29, 0.717) is 11.2 Å². The Morgan fingerprint density at radius 2 is 2.00 bits per heavy atom. The molecular weight excluding hydrogens is 263 g/mol. The highest BCUT2D eigenvalue weighted by molar-refractivity contribution is 6.35. The van der Waals surface area contributed by atoms with E-state index < -0.39 is 16.6 Å². The Balaban J connectivity index is 3.07. The third-order valence-corrected chi connectivity index (χ3v) is 2.35. The number of benzene rings is 1. The predicted molar refractivity (Wildman–Crippen MR) is 77.7 cm³/mol. The zero-order valence-electron chi connectivity index (χ0n) is 12.1. The number of nitrogens with zero attached hydrogens (tertiary/aromatic N) is 1. The van der Waals surface area contributed by atoms with Crippen molar-refractivity contribution in [2.24, 2.45) is 0 Å². The maximum atomic E-state index is 11.7. The summed E-state index contributed by atoms with van der Waals surface area (Å²) < 4.78 is 10.2. The summed E-state index contributed by atoms with van der Waals surface area (Å²) in [4.78, 5) is 22.1. The highest BCUT2D eigenvalue weighted by Crippen LogP contribution is 2.27. The number of hydrogen-bond donors (Lipinski definition) is 1. The summed E-state index contributed by atoms with van der Waals surface area (Å²) in [6, 6.07) is 2.74. The van der Waals surface area contributed by atoms with Crippen LogP contribution < -0.4 is 15.5 Å². The number of nitrogens with one attached hydrogen (secondary N) is 1. The Hall–Kier alpha value is -2.25. The van der Waals surface area contributed by atoms with Crippen LogP contribution in [0, 0.1) is 10.1 Å². The van der Waals surface area contributed by atoms with Crippen LogP contribution in [0.2, 0.25) is 0 Å². The zero-order chi connectivity index (χ0) is 15.5. The number of nitro groups is 1. The van der Waals surface area contributed by atoms with E-state index in [2.05, 4.69) is 5.32 Å². The second-order valence-corrected chi connectivity index (χ2v) is 5.22. The highest BCUT2D eigenvalue weighted by Gasteiger charge is 2.20. The lowest BCUT2D eigenvalue weighted by Crippen LogP contribution is -2.27. The van der Waals surface area contributed by atoms with Crippen molar-refractivity contribution in [3.63, 3.8) is 0 Å². The molecule has 0 saturated carbocycles.